The predicted octanol–water partition coefficient (Wildman–Crippen LogP) is 19.8. The first kappa shape index (κ1) is 74.2. The van der Waals surface area contributed by atoms with Crippen LogP contribution in [0.4, 0.5) is 0 Å². The van der Waals surface area contributed by atoms with E-state index in [0.29, 0.717) is 17.4 Å². The minimum Gasteiger partial charge on any atom is -0.456 e. The van der Waals surface area contributed by atoms with Gasteiger partial charge >= 0.3 is 13.8 Å². The molecular weight excluding hydrogens is 976 g/mol. The van der Waals surface area contributed by atoms with Crippen molar-refractivity contribution >= 4 is 19.7 Å². The number of rotatable bonds is 57. The van der Waals surface area contributed by atoms with Gasteiger partial charge in [-0.1, -0.05) is 241 Å². The summed E-state index contributed by atoms with van der Waals surface area (Å²) in [6.45, 7) is 6.94. The number of hydrogen-bond donors (Lipinski definition) is 2. The summed E-state index contributed by atoms with van der Waals surface area (Å²) in [5, 5.41) is 3.05. The van der Waals surface area contributed by atoms with Gasteiger partial charge in [0.2, 0.25) is 5.91 Å². The van der Waals surface area contributed by atoms with Crippen LogP contribution in [0.2, 0.25) is 0 Å². The van der Waals surface area contributed by atoms with E-state index in [1.54, 1.807) is 0 Å². The molecule has 0 saturated carbocycles. The number of amides is 1. The molecule has 0 aromatic heterocycles. The normalized spacial score (nSPS) is 14.2. The monoisotopic (exact) mass is 1100 g/mol. The first-order valence-electron chi connectivity index (χ1n) is 31.9. The molecule has 3 atom stereocenters. The first-order chi connectivity index (χ1) is 37.4. The summed E-state index contributed by atoms with van der Waals surface area (Å²) >= 11 is 0. The Morgan fingerprint density at radius 1 is 0.455 bits per heavy atom. The lowest BCUT2D eigenvalue weighted by molar-refractivity contribution is -0.870. The van der Waals surface area contributed by atoms with Crippen molar-refractivity contribution < 1.29 is 37.3 Å². The second-order valence-electron chi connectivity index (χ2n) is 22.6. The number of phosphoric acid groups is 1. The molecule has 0 aliphatic heterocycles. The number of ether oxygens (including phenoxy) is 1. The summed E-state index contributed by atoms with van der Waals surface area (Å²) in [6, 6.07) is -0.861. The van der Waals surface area contributed by atoms with Crippen molar-refractivity contribution in [3.8, 4) is 0 Å². The third-order valence-corrected chi connectivity index (χ3v) is 14.8. The van der Waals surface area contributed by atoms with Crippen LogP contribution in [-0.2, 0) is 27.9 Å². The lowest BCUT2D eigenvalue weighted by Crippen LogP contribution is -2.47. The maximum absolute atomic E-state index is 13.5. The minimum atomic E-state index is -4.46. The number of nitrogens with zero attached hydrogens (tertiary/aromatic N) is 1. The molecule has 0 aromatic carbocycles. The third-order valence-electron chi connectivity index (χ3n) is 13.8. The summed E-state index contributed by atoms with van der Waals surface area (Å²) < 4.78 is 30.7. The molecule has 0 aliphatic carbocycles. The average molecular weight is 1100 g/mol. The molecular formula is C67H122N2O7P+. The number of phosphoric ester groups is 1. The maximum Gasteiger partial charge on any atom is 0.472 e. The van der Waals surface area contributed by atoms with Crippen molar-refractivity contribution in [1.82, 2.24) is 5.32 Å². The van der Waals surface area contributed by atoms with E-state index in [9.17, 15) is 19.0 Å². The number of quaternary nitrogens is 1. The number of esters is 1. The highest BCUT2D eigenvalue weighted by Crippen LogP contribution is 2.43. The van der Waals surface area contributed by atoms with E-state index in [2.05, 4.69) is 99.0 Å². The second-order valence-corrected chi connectivity index (χ2v) is 24.0. The third kappa shape index (κ3) is 57.7. The zero-order valence-corrected chi connectivity index (χ0v) is 51.8. The van der Waals surface area contributed by atoms with Gasteiger partial charge in [0.15, 0.2) is 0 Å². The SMILES string of the molecule is CCCCC/C=C\C/C=C\C/C=C\C/C=C\CCCCCCCCCC(=O)OC(/C=C\CCCCCCCCCCC)C(COP(=O)(O)OCC[N+](C)(C)C)NC(=O)CCCCCCCCC/C=C\C/C=C\CCCCC. The predicted molar refractivity (Wildman–Crippen MR) is 332 cm³/mol. The van der Waals surface area contributed by atoms with Gasteiger partial charge in [-0.05, 0) is 109 Å². The zero-order chi connectivity index (χ0) is 56.4. The summed E-state index contributed by atoms with van der Waals surface area (Å²) in [5.74, 6) is -0.527. The van der Waals surface area contributed by atoms with E-state index in [0.717, 1.165) is 109 Å². The standard InChI is InChI=1S/C67H121N2O7P/c1-7-10-13-16-19-22-25-27-29-31-32-33-34-35-36-38-40-42-45-48-51-54-57-60-67(71)76-65(58-55-52-49-46-43-24-21-18-15-12-9-3)64(63-75-77(72,73)74-62-61-69(4,5)6)68-66(70)59-56-53-50-47-44-41-39-37-30-28-26-23-20-17-14-11-8-2/h19-20,22-23,27-30,32-33,35-36,55,58,64-65H,7-18,21,24-26,31,34,37-54,56-57,59-63H2,1-6H3,(H-,68,70,72,73)/p+1/b22-19-,23-20-,29-27-,30-28-,33-32-,36-35-,58-55-. The molecule has 9 nitrogen and oxygen atoms in total. The topological polar surface area (TPSA) is 111 Å². The molecule has 0 aliphatic rings. The smallest absolute Gasteiger partial charge is 0.456 e. The van der Waals surface area contributed by atoms with Gasteiger partial charge in [0, 0.05) is 12.8 Å². The summed E-state index contributed by atoms with van der Waals surface area (Å²) in [7, 11) is 1.48. The number of unbranched alkanes of at least 4 members (excludes halogenated alkanes) is 29. The Labute approximate surface area is 476 Å². The number of carbonyl (C=O) groups is 2. The Balaban J connectivity index is 5.21. The van der Waals surface area contributed by atoms with Crippen molar-refractivity contribution in [1.29, 1.82) is 0 Å². The van der Waals surface area contributed by atoms with Crippen LogP contribution < -0.4 is 5.32 Å². The Morgan fingerprint density at radius 3 is 1.21 bits per heavy atom. The lowest BCUT2D eigenvalue weighted by Gasteiger charge is -2.27. The van der Waals surface area contributed by atoms with Gasteiger partial charge in [0.1, 0.15) is 19.3 Å². The molecule has 0 radical (unpaired) electrons. The van der Waals surface area contributed by atoms with E-state index in [4.69, 9.17) is 13.8 Å². The Hall–Kier alpha value is -2.81. The highest BCUT2D eigenvalue weighted by atomic mass is 31.2. The van der Waals surface area contributed by atoms with Crippen LogP contribution >= 0.6 is 7.82 Å². The molecule has 0 fully saturated rings. The second kappa shape index (κ2) is 56.5. The fourth-order valence-corrected chi connectivity index (χ4v) is 9.57. The largest absolute Gasteiger partial charge is 0.472 e. The maximum atomic E-state index is 13.5. The molecule has 0 bridgehead atoms. The van der Waals surface area contributed by atoms with E-state index in [1.807, 2.05) is 33.3 Å². The molecule has 3 unspecified atom stereocenters. The number of carbonyl (C=O) groups excluding carboxylic acids is 2. The fraction of sp³-hybridized carbons (Fsp3) is 0.761. The van der Waals surface area contributed by atoms with E-state index in [-0.39, 0.29) is 31.5 Å². The minimum absolute atomic E-state index is 0.0334. The molecule has 1 amide bonds. The van der Waals surface area contributed by atoms with E-state index < -0.39 is 20.0 Å². The summed E-state index contributed by atoms with van der Waals surface area (Å²) in [6.07, 6.45) is 74.3. The molecule has 0 heterocycles. The van der Waals surface area contributed by atoms with Crippen molar-refractivity contribution in [2.75, 3.05) is 40.9 Å². The molecule has 10 heteroatoms. The molecule has 0 spiro atoms. The summed E-state index contributed by atoms with van der Waals surface area (Å²) in [4.78, 5) is 37.7. The van der Waals surface area contributed by atoms with Gasteiger partial charge in [-0.3, -0.25) is 18.6 Å². The van der Waals surface area contributed by atoms with E-state index >= 15 is 0 Å². The van der Waals surface area contributed by atoms with Crippen molar-refractivity contribution in [3.63, 3.8) is 0 Å². The van der Waals surface area contributed by atoms with Crippen LogP contribution in [-0.4, -0.2) is 74.3 Å². The number of nitrogens with one attached hydrogen (secondary N) is 1. The fourth-order valence-electron chi connectivity index (χ4n) is 8.84. The average Bonchev–Trinajstić information content (AvgIpc) is 3.39. The van der Waals surface area contributed by atoms with Crippen LogP contribution in [0.5, 0.6) is 0 Å². The van der Waals surface area contributed by atoms with Gasteiger partial charge in [0.05, 0.1) is 33.8 Å². The van der Waals surface area contributed by atoms with Gasteiger partial charge in [0.25, 0.3) is 0 Å². The van der Waals surface area contributed by atoms with Crippen molar-refractivity contribution in [2.24, 2.45) is 0 Å². The van der Waals surface area contributed by atoms with E-state index in [1.165, 1.54) is 135 Å². The molecule has 77 heavy (non-hydrogen) atoms. The highest BCUT2D eigenvalue weighted by molar-refractivity contribution is 7.47. The van der Waals surface area contributed by atoms with Gasteiger partial charge in [-0.25, -0.2) is 4.57 Å². The van der Waals surface area contributed by atoms with Crippen LogP contribution in [0, 0.1) is 0 Å². The lowest BCUT2D eigenvalue weighted by atomic mass is 10.1. The number of allylic oxidation sites excluding steroid dienone is 13. The van der Waals surface area contributed by atoms with Crippen LogP contribution in [0.25, 0.3) is 0 Å². The Bertz CT molecular complexity index is 1590. The quantitative estimate of drug-likeness (QED) is 0.0205. The van der Waals surface area contributed by atoms with Gasteiger partial charge in [-0.2, -0.15) is 0 Å². The number of hydrogen-bond acceptors (Lipinski definition) is 6. The highest BCUT2D eigenvalue weighted by Gasteiger charge is 2.30. The van der Waals surface area contributed by atoms with Crippen LogP contribution in [0.1, 0.15) is 278 Å². The first-order valence-corrected chi connectivity index (χ1v) is 33.4. The molecule has 446 valence electrons. The zero-order valence-electron chi connectivity index (χ0n) is 50.9. The van der Waals surface area contributed by atoms with Crippen LogP contribution in [0.3, 0.4) is 0 Å². The number of likely N-dealkylation sites (N-methyl/N-ethyl adjacent to an activating group) is 1. The van der Waals surface area contributed by atoms with Crippen LogP contribution in [0.15, 0.2) is 85.1 Å². The van der Waals surface area contributed by atoms with Gasteiger partial charge in [-0.15, -0.1) is 0 Å². The molecule has 0 saturated heterocycles. The van der Waals surface area contributed by atoms with Gasteiger partial charge < -0.3 is 19.4 Å². The summed E-state index contributed by atoms with van der Waals surface area (Å²) in [5.41, 5.74) is 0. The Morgan fingerprint density at radius 2 is 0.792 bits per heavy atom. The van der Waals surface area contributed by atoms with Crippen molar-refractivity contribution in [3.05, 3.63) is 85.1 Å². The molecule has 0 rings (SSSR count). The Kier molecular flexibility index (Phi) is 54.4. The molecule has 0 aromatic rings. The van der Waals surface area contributed by atoms with Crippen molar-refractivity contribution in [2.45, 2.75) is 290 Å². The molecule has 2 N–H and O–H groups in total.